The van der Waals surface area contributed by atoms with E-state index in [9.17, 15) is 5.11 Å². The molecule has 0 radical (unpaired) electrons. The molecule has 30 heavy (non-hydrogen) atoms. The van der Waals surface area contributed by atoms with E-state index >= 15 is 0 Å². The van der Waals surface area contributed by atoms with E-state index in [4.69, 9.17) is 5.41 Å². The van der Waals surface area contributed by atoms with Crippen LogP contribution in [0.1, 0.15) is 31.3 Å². The summed E-state index contributed by atoms with van der Waals surface area (Å²) in [5.41, 5.74) is 3.92. The number of fused-ring (bicyclic) bond motifs is 2. The van der Waals surface area contributed by atoms with Gasteiger partial charge in [-0.1, -0.05) is 13.8 Å². The standard InChI is InChI=1S/C20H23N9O/c1-11(2)18(30)17-14-5-4-13(8-15(14)26-27-17)24-20-25-19-16(12(9-21)10-22-3)23-6-7-29(19)28-20/h4-11,18,21-22,30H,1-3H3,(H,24,28)(H,26,27)/b12-10+,21-9?. The maximum Gasteiger partial charge on any atom is 0.247 e. The van der Waals surface area contributed by atoms with Crippen molar-refractivity contribution >= 4 is 40.0 Å². The number of aliphatic hydroxyl groups is 1. The predicted octanol–water partition coefficient (Wildman–Crippen LogP) is 2.64. The van der Waals surface area contributed by atoms with Crippen molar-refractivity contribution in [2.24, 2.45) is 5.92 Å². The van der Waals surface area contributed by atoms with Gasteiger partial charge in [0, 0.05) is 48.5 Å². The smallest absolute Gasteiger partial charge is 0.247 e. The van der Waals surface area contributed by atoms with Crippen molar-refractivity contribution in [2.75, 3.05) is 12.4 Å². The number of H-pyrrole nitrogens is 1. The van der Waals surface area contributed by atoms with Crippen LogP contribution in [-0.4, -0.2) is 48.1 Å². The minimum atomic E-state index is -0.628. The lowest BCUT2D eigenvalue weighted by Gasteiger charge is -2.11. The first kappa shape index (κ1) is 19.5. The van der Waals surface area contributed by atoms with Gasteiger partial charge in [0.1, 0.15) is 11.8 Å². The highest BCUT2D eigenvalue weighted by Gasteiger charge is 2.18. The van der Waals surface area contributed by atoms with Crippen molar-refractivity contribution in [2.45, 2.75) is 20.0 Å². The third-order valence-corrected chi connectivity index (χ3v) is 4.74. The van der Waals surface area contributed by atoms with Crippen LogP contribution in [-0.2, 0) is 0 Å². The first-order valence-electron chi connectivity index (χ1n) is 9.54. The van der Waals surface area contributed by atoms with E-state index in [0.29, 0.717) is 28.6 Å². The molecule has 0 saturated heterocycles. The maximum absolute atomic E-state index is 10.3. The van der Waals surface area contributed by atoms with Crippen LogP contribution in [0.3, 0.4) is 0 Å². The number of rotatable bonds is 7. The molecule has 10 heteroatoms. The Balaban J connectivity index is 1.67. The Morgan fingerprint density at radius 1 is 1.33 bits per heavy atom. The molecular weight excluding hydrogens is 382 g/mol. The van der Waals surface area contributed by atoms with Gasteiger partial charge in [-0.15, -0.1) is 5.10 Å². The van der Waals surface area contributed by atoms with Crippen LogP contribution in [0.25, 0.3) is 22.1 Å². The molecule has 1 atom stereocenters. The van der Waals surface area contributed by atoms with Gasteiger partial charge in [0.2, 0.25) is 5.95 Å². The molecule has 0 aliphatic heterocycles. The Morgan fingerprint density at radius 3 is 2.90 bits per heavy atom. The minimum Gasteiger partial charge on any atom is -0.393 e. The van der Waals surface area contributed by atoms with Crippen LogP contribution >= 0.6 is 0 Å². The molecule has 4 aromatic rings. The predicted molar refractivity (Wildman–Crippen MR) is 116 cm³/mol. The molecule has 1 unspecified atom stereocenters. The summed E-state index contributed by atoms with van der Waals surface area (Å²) in [5, 5.41) is 36.7. The Hall–Kier alpha value is -3.79. The fourth-order valence-electron chi connectivity index (χ4n) is 3.20. The number of anilines is 2. The fraction of sp³-hybridized carbons (Fsp3) is 0.250. The maximum atomic E-state index is 10.3. The summed E-state index contributed by atoms with van der Waals surface area (Å²) in [5.74, 6) is 0.474. The van der Waals surface area contributed by atoms with Gasteiger partial charge in [0.25, 0.3) is 0 Å². The highest BCUT2D eigenvalue weighted by atomic mass is 16.3. The van der Waals surface area contributed by atoms with Gasteiger partial charge in [-0.3, -0.25) is 10.1 Å². The number of nitrogens with zero attached hydrogens (tertiary/aromatic N) is 5. The first-order chi connectivity index (χ1) is 14.5. The van der Waals surface area contributed by atoms with E-state index in [-0.39, 0.29) is 5.92 Å². The normalized spacial score (nSPS) is 13.2. The highest BCUT2D eigenvalue weighted by molar-refractivity contribution is 6.09. The molecule has 0 aliphatic carbocycles. The molecule has 5 N–H and O–H groups in total. The zero-order valence-corrected chi connectivity index (χ0v) is 16.9. The Kier molecular flexibility index (Phi) is 5.15. The summed E-state index contributed by atoms with van der Waals surface area (Å²) in [6.45, 7) is 3.91. The third kappa shape index (κ3) is 3.48. The molecule has 1 aromatic carbocycles. The lowest BCUT2D eigenvalue weighted by molar-refractivity contribution is 0.124. The number of aromatic nitrogens is 6. The zero-order valence-electron chi connectivity index (χ0n) is 16.9. The lowest BCUT2D eigenvalue weighted by atomic mass is 10.0. The number of nitrogens with one attached hydrogen (secondary N) is 4. The van der Waals surface area contributed by atoms with Crippen LogP contribution in [0, 0.1) is 11.3 Å². The van der Waals surface area contributed by atoms with Crippen LogP contribution in [0.2, 0.25) is 0 Å². The van der Waals surface area contributed by atoms with Crippen LogP contribution < -0.4 is 10.6 Å². The molecule has 0 spiro atoms. The fourth-order valence-corrected chi connectivity index (χ4v) is 3.20. The highest BCUT2D eigenvalue weighted by Crippen LogP contribution is 2.29. The average Bonchev–Trinajstić information content (AvgIpc) is 3.34. The number of hydrogen-bond donors (Lipinski definition) is 5. The summed E-state index contributed by atoms with van der Waals surface area (Å²) in [6.07, 6.45) is 5.60. The summed E-state index contributed by atoms with van der Waals surface area (Å²) in [7, 11) is 1.76. The summed E-state index contributed by atoms with van der Waals surface area (Å²) >= 11 is 0. The van der Waals surface area contributed by atoms with Gasteiger partial charge < -0.3 is 21.1 Å². The van der Waals surface area contributed by atoms with E-state index in [1.807, 2.05) is 32.0 Å². The molecule has 0 saturated carbocycles. The van der Waals surface area contributed by atoms with E-state index in [1.165, 1.54) is 6.21 Å². The molecule has 0 bridgehead atoms. The molecule has 0 amide bonds. The van der Waals surface area contributed by atoms with Crippen LogP contribution in [0.5, 0.6) is 0 Å². The molecule has 4 rings (SSSR count). The SMILES string of the molecule is CN/C=C(\C=N)c1nccn2nc(Nc3ccc4c(C(O)C(C)C)n[nH]c4c3)nc12. The van der Waals surface area contributed by atoms with E-state index in [1.54, 1.807) is 30.2 Å². The average molecular weight is 405 g/mol. The lowest BCUT2D eigenvalue weighted by Crippen LogP contribution is -2.06. The summed E-state index contributed by atoms with van der Waals surface area (Å²) in [4.78, 5) is 8.88. The molecule has 3 heterocycles. The van der Waals surface area contributed by atoms with Gasteiger partial charge in [-0.2, -0.15) is 10.1 Å². The molecule has 0 fully saturated rings. The Bertz CT molecular complexity index is 1240. The monoisotopic (exact) mass is 405 g/mol. The number of aromatic amines is 1. The zero-order chi connectivity index (χ0) is 21.3. The van der Waals surface area contributed by atoms with Crippen molar-refractivity contribution in [1.82, 2.24) is 35.1 Å². The Morgan fingerprint density at radius 2 is 2.17 bits per heavy atom. The van der Waals surface area contributed by atoms with Crippen LogP contribution in [0.15, 0.2) is 36.8 Å². The number of benzene rings is 1. The molecule has 154 valence electrons. The second kappa shape index (κ2) is 7.91. The van der Waals surface area contributed by atoms with Gasteiger partial charge in [0.05, 0.1) is 11.2 Å². The number of hydrogen-bond acceptors (Lipinski definition) is 8. The van der Waals surface area contributed by atoms with Crippen molar-refractivity contribution in [1.29, 1.82) is 5.41 Å². The Labute approximate surface area is 172 Å². The quantitative estimate of drug-likeness (QED) is 0.298. The molecule has 3 aromatic heterocycles. The molecule has 10 nitrogen and oxygen atoms in total. The molecule has 0 aliphatic rings. The van der Waals surface area contributed by atoms with Crippen molar-refractivity contribution in [3.8, 4) is 0 Å². The van der Waals surface area contributed by atoms with E-state index < -0.39 is 6.10 Å². The molecular formula is C20H23N9O. The van der Waals surface area contributed by atoms with Gasteiger partial charge in [-0.05, 0) is 24.1 Å². The minimum absolute atomic E-state index is 0.0714. The topological polar surface area (TPSA) is 140 Å². The van der Waals surface area contributed by atoms with Crippen molar-refractivity contribution in [3.63, 3.8) is 0 Å². The largest absolute Gasteiger partial charge is 0.393 e. The van der Waals surface area contributed by atoms with Gasteiger partial charge in [-0.25, -0.2) is 4.52 Å². The van der Waals surface area contributed by atoms with E-state index in [2.05, 4.69) is 35.9 Å². The van der Waals surface area contributed by atoms with Gasteiger partial charge in [0.15, 0.2) is 5.65 Å². The van der Waals surface area contributed by atoms with Crippen molar-refractivity contribution in [3.05, 3.63) is 48.2 Å². The summed E-state index contributed by atoms with van der Waals surface area (Å²) in [6, 6.07) is 5.70. The number of aliphatic hydroxyl groups excluding tert-OH is 1. The van der Waals surface area contributed by atoms with E-state index in [0.717, 1.165) is 16.6 Å². The van der Waals surface area contributed by atoms with Crippen LogP contribution in [0.4, 0.5) is 11.6 Å². The summed E-state index contributed by atoms with van der Waals surface area (Å²) < 4.78 is 1.61. The van der Waals surface area contributed by atoms with Gasteiger partial charge >= 0.3 is 0 Å². The van der Waals surface area contributed by atoms with Crippen molar-refractivity contribution < 1.29 is 5.11 Å². The second-order valence-corrected chi connectivity index (χ2v) is 7.20. The first-order valence-corrected chi connectivity index (χ1v) is 9.54. The number of allylic oxidation sites excluding steroid dienone is 1. The third-order valence-electron chi connectivity index (χ3n) is 4.74. The second-order valence-electron chi connectivity index (χ2n) is 7.20.